The number of benzene rings is 1. The highest BCUT2D eigenvalue weighted by Gasteiger charge is 2.23. The van der Waals surface area contributed by atoms with Gasteiger partial charge in [-0.15, -0.1) is 11.3 Å². The van der Waals surface area contributed by atoms with Crippen molar-refractivity contribution < 1.29 is 13.9 Å². The molecule has 3 aromatic rings. The van der Waals surface area contributed by atoms with Crippen LogP contribution in [0.3, 0.4) is 0 Å². The number of rotatable bonds is 5. The molecule has 0 fully saturated rings. The van der Waals surface area contributed by atoms with Gasteiger partial charge in [-0.25, -0.2) is 9.97 Å². The van der Waals surface area contributed by atoms with E-state index >= 15 is 0 Å². The van der Waals surface area contributed by atoms with E-state index in [1.165, 1.54) is 4.88 Å². The van der Waals surface area contributed by atoms with Gasteiger partial charge in [-0.3, -0.25) is 4.90 Å². The van der Waals surface area contributed by atoms with E-state index < -0.39 is 0 Å². The van der Waals surface area contributed by atoms with Crippen LogP contribution in [-0.2, 0) is 6.54 Å². The van der Waals surface area contributed by atoms with Crippen molar-refractivity contribution in [2.45, 2.75) is 40.3 Å². The maximum atomic E-state index is 6.41. The van der Waals surface area contributed by atoms with Crippen LogP contribution in [0.4, 0.5) is 0 Å². The van der Waals surface area contributed by atoms with Crippen LogP contribution in [0.15, 0.2) is 16.5 Å². The Morgan fingerprint density at radius 1 is 1.18 bits per heavy atom. The number of ether oxygens (including phenoxy) is 2. The lowest BCUT2D eigenvalue weighted by Crippen LogP contribution is -2.23. The largest absolute Gasteiger partial charge is 0.454 e. The van der Waals surface area contributed by atoms with Gasteiger partial charge in [0.1, 0.15) is 5.76 Å². The van der Waals surface area contributed by atoms with Gasteiger partial charge in [-0.05, 0) is 40.8 Å². The summed E-state index contributed by atoms with van der Waals surface area (Å²) in [7, 11) is 2.07. The second-order valence-corrected chi connectivity index (χ2v) is 8.79. The van der Waals surface area contributed by atoms with E-state index in [1.54, 1.807) is 17.4 Å². The molecule has 6 nitrogen and oxygen atoms in total. The molecular weight excluding hydrogens is 398 g/mol. The third-order valence-electron chi connectivity index (χ3n) is 4.98. The molecule has 3 heterocycles. The fourth-order valence-electron chi connectivity index (χ4n) is 3.29. The minimum atomic E-state index is 0.179. The van der Waals surface area contributed by atoms with Gasteiger partial charge in [-0.1, -0.05) is 11.6 Å². The van der Waals surface area contributed by atoms with Crippen molar-refractivity contribution in [2.75, 3.05) is 13.8 Å². The highest BCUT2D eigenvalue weighted by molar-refractivity contribution is 7.11. The van der Waals surface area contributed by atoms with E-state index in [0.29, 0.717) is 34.5 Å². The molecule has 1 aromatic carbocycles. The zero-order valence-electron chi connectivity index (χ0n) is 16.5. The lowest BCUT2D eigenvalue weighted by atomic mass is 10.2. The normalized spacial score (nSPS) is 14.1. The Hall–Kier alpha value is -2.09. The summed E-state index contributed by atoms with van der Waals surface area (Å²) in [5.41, 5.74) is 2.69. The highest BCUT2D eigenvalue weighted by atomic mass is 35.5. The molecule has 2 aromatic heterocycles. The first-order chi connectivity index (χ1) is 13.3. The lowest BCUT2D eigenvalue weighted by molar-refractivity contribution is 0.174. The smallest absolute Gasteiger partial charge is 0.231 e. The Bertz CT molecular complexity index is 1030. The predicted octanol–water partition coefficient (Wildman–Crippen LogP) is 5.30. The summed E-state index contributed by atoms with van der Waals surface area (Å²) in [4.78, 5) is 12.9. The average Bonchev–Trinajstić information content (AvgIpc) is 3.32. The van der Waals surface area contributed by atoms with Gasteiger partial charge >= 0.3 is 0 Å². The Morgan fingerprint density at radius 2 is 1.89 bits per heavy atom. The van der Waals surface area contributed by atoms with Gasteiger partial charge in [0.2, 0.25) is 12.7 Å². The molecular formula is C20H22ClN3O3S. The van der Waals surface area contributed by atoms with Gasteiger partial charge in [0.05, 0.1) is 33.0 Å². The molecule has 1 atom stereocenters. The van der Waals surface area contributed by atoms with E-state index in [9.17, 15) is 0 Å². The van der Waals surface area contributed by atoms with E-state index in [0.717, 1.165) is 22.2 Å². The molecule has 1 unspecified atom stereocenters. The minimum absolute atomic E-state index is 0.179. The van der Waals surface area contributed by atoms with Crippen LogP contribution < -0.4 is 9.47 Å². The molecule has 0 N–H and O–H groups in total. The highest BCUT2D eigenvalue weighted by Crippen LogP contribution is 2.41. The Kier molecular flexibility index (Phi) is 5.07. The predicted molar refractivity (Wildman–Crippen MR) is 109 cm³/mol. The van der Waals surface area contributed by atoms with Crippen molar-refractivity contribution in [1.82, 2.24) is 14.9 Å². The Labute approximate surface area is 173 Å². The van der Waals surface area contributed by atoms with Crippen LogP contribution >= 0.6 is 22.9 Å². The lowest BCUT2D eigenvalue weighted by Gasteiger charge is -2.23. The number of halogens is 1. The Balaban J connectivity index is 1.57. The zero-order chi connectivity index (χ0) is 20.0. The molecule has 0 radical (unpaired) electrons. The molecule has 0 saturated carbocycles. The topological polar surface area (TPSA) is 60.6 Å². The summed E-state index contributed by atoms with van der Waals surface area (Å²) >= 11 is 8.14. The van der Waals surface area contributed by atoms with Crippen LogP contribution in [0.5, 0.6) is 11.5 Å². The fraction of sp³-hybridized carbons (Fsp3) is 0.400. The van der Waals surface area contributed by atoms with E-state index in [1.807, 2.05) is 19.9 Å². The maximum absolute atomic E-state index is 6.41. The maximum Gasteiger partial charge on any atom is 0.231 e. The first kappa shape index (κ1) is 19.2. The van der Waals surface area contributed by atoms with Crippen molar-refractivity contribution in [2.24, 2.45) is 0 Å². The summed E-state index contributed by atoms with van der Waals surface area (Å²) < 4.78 is 16.7. The number of thiazole rings is 1. The standard InChI is InChI=1S/C20H22ClN3O3S/c1-10(19-12(3)28-13(4)22-19)24(5)8-16-11(2)27-20(23-16)14-6-17-18(7-15(14)21)26-9-25-17/h6-7,10H,8-9H2,1-5H3. The summed E-state index contributed by atoms with van der Waals surface area (Å²) in [6, 6.07) is 3.73. The summed E-state index contributed by atoms with van der Waals surface area (Å²) in [6.45, 7) is 9.08. The number of oxazole rings is 1. The summed E-state index contributed by atoms with van der Waals surface area (Å²) in [5, 5.41) is 1.61. The molecule has 0 spiro atoms. The molecule has 1 aliphatic heterocycles. The molecule has 28 heavy (non-hydrogen) atoms. The third-order valence-corrected chi connectivity index (χ3v) is 6.20. The van der Waals surface area contributed by atoms with Crippen molar-refractivity contribution in [3.8, 4) is 23.0 Å². The average molecular weight is 420 g/mol. The third kappa shape index (κ3) is 3.50. The van der Waals surface area contributed by atoms with Gasteiger partial charge in [0.25, 0.3) is 0 Å². The number of fused-ring (bicyclic) bond motifs is 1. The van der Waals surface area contributed by atoms with Crippen LogP contribution in [0.1, 0.15) is 40.0 Å². The zero-order valence-corrected chi connectivity index (χ0v) is 18.1. The molecule has 148 valence electrons. The number of aromatic nitrogens is 2. The van der Waals surface area contributed by atoms with Crippen molar-refractivity contribution in [1.29, 1.82) is 0 Å². The van der Waals surface area contributed by atoms with Gasteiger partial charge < -0.3 is 13.9 Å². The summed E-state index contributed by atoms with van der Waals surface area (Å²) in [6.07, 6.45) is 0. The van der Waals surface area contributed by atoms with E-state index in [-0.39, 0.29) is 12.8 Å². The summed E-state index contributed by atoms with van der Waals surface area (Å²) in [5.74, 6) is 2.54. The van der Waals surface area contributed by atoms with Crippen molar-refractivity contribution >= 4 is 22.9 Å². The van der Waals surface area contributed by atoms with Crippen LogP contribution in [-0.4, -0.2) is 28.7 Å². The first-order valence-electron chi connectivity index (χ1n) is 9.03. The Morgan fingerprint density at radius 3 is 2.57 bits per heavy atom. The minimum Gasteiger partial charge on any atom is -0.454 e. The molecule has 0 saturated heterocycles. The second-order valence-electron chi connectivity index (χ2n) is 6.97. The number of hydrogen-bond donors (Lipinski definition) is 0. The molecule has 0 bridgehead atoms. The number of hydrogen-bond acceptors (Lipinski definition) is 7. The molecule has 8 heteroatoms. The molecule has 0 aliphatic carbocycles. The van der Waals surface area contributed by atoms with Gasteiger partial charge in [0, 0.05) is 17.5 Å². The quantitative estimate of drug-likeness (QED) is 0.559. The van der Waals surface area contributed by atoms with E-state index in [4.69, 9.17) is 30.5 Å². The van der Waals surface area contributed by atoms with Gasteiger partial charge in [0.15, 0.2) is 11.5 Å². The molecule has 1 aliphatic rings. The number of nitrogens with zero attached hydrogens (tertiary/aromatic N) is 3. The van der Waals surface area contributed by atoms with Crippen LogP contribution in [0.25, 0.3) is 11.5 Å². The second kappa shape index (κ2) is 7.39. The van der Waals surface area contributed by atoms with Gasteiger partial charge in [-0.2, -0.15) is 0 Å². The van der Waals surface area contributed by atoms with Crippen LogP contribution in [0.2, 0.25) is 5.02 Å². The number of aryl methyl sites for hydroxylation is 3. The molecule has 0 amide bonds. The van der Waals surface area contributed by atoms with Crippen LogP contribution in [0, 0.1) is 20.8 Å². The van der Waals surface area contributed by atoms with E-state index in [2.05, 4.69) is 30.8 Å². The van der Waals surface area contributed by atoms with Crippen molar-refractivity contribution in [3.05, 3.63) is 44.2 Å². The monoisotopic (exact) mass is 419 g/mol. The SMILES string of the molecule is Cc1nc(C(C)N(C)Cc2nc(-c3cc4c(cc3Cl)OCO4)oc2C)c(C)s1. The fourth-order valence-corrected chi connectivity index (χ4v) is 4.43. The first-order valence-corrected chi connectivity index (χ1v) is 10.2. The van der Waals surface area contributed by atoms with Crippen molar-refractivity contribution in [3.63, 3.8) is 0 Å². The molecule has 4 rings (SSSR count).